The lowest BCUT2D eigenvalue weighted by Gasteiger charge is -2.26. The molecule has 2 aromatic carbocycles. The molecule has 1 fully saturated rings. The first-order valence-corrected chi connectivity index (χ1v) is 10.1. The van der Waals surface area contributed by atoms with E-state index in [1.807, 2.05) is 0 Å². The molecule has 3 aromatic rings. The van der Waals surface area contributed by atoms with Crippen molar-refractivity contribution in [2.75, 3.05) is 4.90 Å². The Hall–Kier alpha value is -4.05. The van der Waals surface area contributed by atoms with Crippen molar-refractivity contribution in [1.29, 1.82) is 0 Å². The van der Waals surface area contributed by atoms with Crippen molar-refractivity contribution in [1.82, 2.24) is 5.32 Å². The zero-order chi connectivity index (χ0) is 23.0. The Morgan fingerprint density at radius 2 is 1.88 bits per heavy atom. The molecule has 160 valence electrons. The van der Waals surface area contributed by atoms with Crippen molar-refractivity contribution >= 4 is 51.2 Å². The SMILES string of the molecule is Cc1ccc([N+](=O)[O-])cc1-c1ccc(/C=C2\C(=O)NC(=O)N(c3cccc(Br)c3)C2=O)o1. The number of non-ortho nitro benzene ring substituents is 1. The molecule has 0 saturated carbocycles. The van der Waals surface area contributed by atoms with Crippen LogP contribution in [-0.2, 0) is 9.59 Å². The molecule has 9 nitrogen and oxygen atoms in total. The van der Waals surface area contributed by atoms with Gasteiger partial charge in [0, 0.05) is 22.2 Å². The van der Waals surface area contributed by atoms with Gasteiger partial charge in [-0.05, 0) is 48.9 Å². The van der Waals surface area contributed by atoms with Crippen LogP contribution in [0.2, 0.25) is 0 Å². The molecule has 32 heavy (non-hydrogen) atoms. The number of nitro benzene ring substituents is 1. The summed E-state index contributed by atoms with van der Waals surface area (Å²) in [5.41, 5.74) is 1.16. The number of imide groups is 2. The largest absolute Gasteiger partial charge is 0.457 e. The van der Waals surface area contributed by atoms with Crippen molar-refractivity contribution in [3.8, 4) is 11.3 Å². The summed E-state index contributed by atoms with van der Waals surface area (Å²) in [6.07, 6.45) is 1.23. The van der Waals surface area contributed by atoms with E-state index in [1.165, 1.54) is 24.3 Å². The first-order valence-electron chi connectivity index (χ1n) is 9.27. The lowest BCUT2D eigenvalue weighted by Crippen LogP contribution is -2.54. The van der Waals surface area contributed by atoms with Gasteiger partial charge in [0.05, 0.1) is 10.6 Å². The van der Waals surface area contributed by atoms with Gasteiger partial charge in [0.25, 0.3) is 17.5 Å². The quantitative estimate of drug-likeness (QED) is 0.244. The Balaban J connectivity index is 1.70. The summed E-state index contributed by atoms with van der Waals surface area (Å²) in [5.74, 6) is -1.15. The highest BCUT2D eigenvalue weighted by Gasteiger charge is 2.37. The number of urea groups is 1. The summed E-state index contributed by atoms with van der Waals surface area (Å²) in [7, 11) is 0. The number of carbonyl (C=O) groups is 3. The second-order valence-electron chi connectivity index (χ2n) is 6.90. The number of benzene rings is 2. The van der Waals surface area contributed by atoms with Crippen molar-refractivity contribution < 1.29 is 23.7 Å². The van der Waals surface area contributed by atoms with Gasteiger partial charge in [0.1, 0.15) is 17.1 Å². The summed E-state index contributed by atoms with van der Waals surface area (Å²) >= 11 is 3.29. The Labute approximate surface area is 189 Å². The van der Waals surface area contributed by atoms with Crippen molar-refractivity contribution in [3.05, 3.63) is 86.1 Å². The number of barbiturate groups is 1. The van der Waals surface area contributed by atoms with Crippen LogP contribution in [0.1, 0.15) is 11.3 Å². The van der Waals surface area contributed by atoms with Crippen LogP contribution in [0.25, 0.3) is 17.4 Å². The number of anilines is 1. The van der Waals surface area contributed by atoms with E-state index in [4.69, 9.17) is 4.42 Å². The molecule has 2 heterocycles. The van der Waals surface area contributed by atoms with Crippen LogP contribution >= 0.6 is 15.9 Å². The maximum atomic E-state index is 13.0. The Bertz CT molecular complexity index is 1330. The minimum Gasteiger partial charge on any atom is -0.457 e. The summed E-state index contributed by atoms with van der Waals surface area (Å²) < 4.78 is 6.38. The average Bonchev–Trinajstić information content (AvgIpc) is 3.19. The summed E-state index contributed by atoms with van der Waals surface area (Å²) in [5, 5.41) is 13.2. The molecule has 1 saturated heterocycles. The Kier molecular flexibility index (Phi) is 5.45. The fraction of sp³-hybridized carbons (Fsp3) is 0.0455. The number of hydrogen-bond donors (Lipinski definition) is 1. The number of nitro groups is 1. The number of carbonyl (C=O) groups excluding carboxylic acids is 3. The number of halogens is 1. The van der Waals surface area contributed by atoms with Gasteiger partial charge in [0.15, 0.2) is 0 Å². The van der Waals surface area contributed by atoms with E-state index in [0.29, 0.717) is 15.8 Å². The number of hydrogen-bond acceptors (Lipinski definition) is 6. The van der Waals surface area contributed by atoms with Crippen LogP contribution in [0.3, 0.4) is 0 Å². The number of amides is 4. The normalized spacial score (nSPS) is 15.2. The molecule has 1 N–H and O–H groups in total. The van der Waals surface area contributed by atoms with Crippen molar-refractivity contribution in [3.63, 3.8) is 0 Å². The van der Waals surface area contributed by atoms with E-state index in [9.17, 15) is 24.5 Å². The molecule has 1 aliphatic rings. The van der Waals surface area contributed by atoms with E-state index in [0.717, 1.165) is 10.5 Å². The molecule has 0 aliphatic carbocycles. The predicted octanol–water partition coefficient (Wildman–Crippen LogP) is 4.59. The molecule has 0 radical (unpaired) electrons. The lowest BCUT2D eigenvalue weighted by atomic mass is 10.1. The lowest BCUT2D eigenvalue weighted by molar-refractivity contribution is -0.384. The van der Waals surface area contributed by atoms with E-state index < -0.39 is 22.8 Å². The molecule has 4 rings (SSSR count). The van der Waals surface area contributed by atoms with Crippen molar-refractivity contribution in [2.45, 2.75) is 6.92 Å². The van der Waals surface area contributed by atoms with Gasteiger partial charge in [-0.2, -0.15) is 0 Å². The zero-order valence-electron chi connectivity index (χ0n) is 16.5. The van der Waals surface area contributed by atoms with Crippen molar-refractivity contribution in [2.24, 2.45) is 0 Å². The van der Waals surface area contributed by atoms with Gasteiger partial charge >= 0.3 is 6.03 Å². The van der Waals surface area contributed by atoms with E-state index in [2.05, 4.69) is 21.2 Å². The topological polar surface area (TPSA) is 123 Å². The third-order valence-corrected chi connectivity index (χ3v) is 5.27. The fourth-order valence-corrected chi connectivity index (χ4v) is 3.60. The second kappa shape index (κ2) is 8.23. The molecule has 0 bridgehead atoms. The highest BCUT2D eigenvalue weighted by Crippen LogP contribution is 2.30. The molecule has 4 amide bonds. The number of nitrogens with one attached hydrogen (secondary N) is 1. The molecule has 0 spiro atoms. The molecule has 0 atom stereocenters. The van der Waals surface area contributed by atoms with Crippen LogP contribution in [0.4, 0.5) is 16.2 Å². The third-order valence-electron chi connectivity index (χ3n) is 4.78. The number of aryl methyl sites for hydroxylation is 1. The van der Waals surface area contributed by atoms with Gasteiger partial charge < -0.3 is 4.42 Å². The monoisotopic (exact) mass is 495 g/mol. The number of rotatable bonds is 4. The minimum atomic E-state index is -0.859. The van der Waals surface area contributed by atoms with Crippen LogP contribution in [0.5, 0.6) is 0 Å². The molecule has 0 unspecified atom stereocenters. The van der Waals surface area contributed by atoms with Crippen LogP contribution in [-0.4, -0.2) is 22.8 Å². The highest BCUT2D eigenvalue weighted by molar-refractivity contribution is 9.10. The molecule has 10 heteroatoms. The van der Waals surface area contributed by atoms with Crippen LogP contribution in [0.15, 0.2) is 69.1 Å². The maximum Gasteiger partial charge on any atom is 0.335 e. The number of nitrogens with zero attached hydrogens (tertiary/aromatic N) is 2. The van der Waals surface area contributed by atoms with E-state index in [1.54, 1.807) is 43.3 Å². The van der Waals surface area contributed by atoms with Gasteiger partial charge in [-0.1, -0.05) is 28.1 Å². The Morgan fingerprint density at radius 1 is 1.09 bits per heavy atom. The smallest absolute Gasteiger partial charge is 0.335 e. The second-order valence-corrected chi connectivity index (χ2v) is 7.81. The predicted molar refractivity (Wildman–Crippen MR) is 119 cm³/mol. The zero-order valence-corrected chi connectivity index (χ0v) is 18.1. The highest BCUT2D eigenvalue weighted by atomic mass is 79.9. The minimum absolute atomic E-state index is 0.0908. The van der Waals surface area contributed by atoms with Gasteiger partial charge in [0.2, 0.25) is 0 Å². The van der Waals surface area contributed by atoms with Crippen LogP contribution < -0.4 is 10.2 Å². The summed E-state index contributed by atoms with van der Waals surface area (Å²) in [6, 6.07) is 13.2. The van der Waals surface area contributed by atoms with Gasteiger partial charge in [-0.25, -0.2) is 9.69 Å². The first-order chi connectivity index (χ1) is 15.2. The Morgan fingerprint density at radius 3 is 2.59 bits per heavy atom. The third kappa shape index (κ3) is 3.95. The van der Waals surface area contributed by atoms with Crippen LogP contribution in [0, 0.1) is 17.0 Å². The average molecular weight is 496 g/mol. The summed E-state index contributed by atoms with van der Waals surface area (Å²) in [4.78, 5) is 49.0. The van der Waals surface area contributed by atoms with Gasteiger partial charge in [-0.3, -0.25) is 25.0 Å². The van der Waals surface area contributed by atoms with E-state index >= 15 is 0 Å². The maximum absolute atomic E-state index is 13.0. The molecular weight excluding hydrogens is 482 g/mol. The molecular formula is C22H14BrN3O6. The first kappa shape index (κ1) is 21.2. The molecule has 1 aromatic heterocycles. The molecule has 1 aliphatic heterocycles. The van der Waals surface area contributed by atoms with Gasteiger partial charge in [-0.15, -0.1) is 0 Å². The fourth-order valence-electron chi connectivity index (χ4n) is 3.21. The van der Waals surface area contributed by atoms with E-state index in [-0.39, 0.29) is 22.7 Å². The standard InChI is InChI=1S/C22H14BrN3O6/c1-12-5-6-15(26(30)31)10-17(12)19-8-7-16(32-19)11-18-20(27)24-22(29)25(21(18)28)14-4-2-3-13(23)9-14/h2-11H,1H3,(H,24,27,29)/b18-11+. The summed E-state index contributed by atoms with van der Waals surface area (Å²) in [6.45, 7) is 1.78. The number of furan rings is 1.